The van der Waals surface area contributed by atoms with Gasteiger partial charge in [0.15, 0.2) is 0 Å². The molecule has 21 heavy (non-hydrogen) atoms. The quantitative estimate of drug-likeness (QED) is 0.822. The summed E-state index contributed by atoms with van der Waals surface area (Å²) in [6.45, 7) is 6.23. The highest BCUT2D eigenvalue weighted by Crippen LogP contribution is 2.30. The summed E-state index contributed by atoms with van der Waals surface area (Å²) in [4.78, 5) is 12.1. The number of hydrogen-bond donors (Lipinski definition) is 2. The fourth-order valence-electron chi connectivity index (χ4n) is 3.03. The van der Waals surface area contributed by atoms with Gasteiger partial charge < -0.3 is 10.6 Å². The Hall–Kier alpha value is -1.77. The summed E-state index contributed by atoms with van der Waals surface area (Å²) >= 11 is 0. The summed E-state index contributed by atoms with van der Waals surface area (Å²) in [7, 11) is 0. The Morgan fingerprint density at radius 1 is 1.33 bits per heavy atom. The molecule has 0 radical (unpaired) electrons. The van der Waals surface area contributed by atoms with Gasteiger partial charge in [0.25, 0.3) is 0 Å². The molecule has 1 aliphatic rings. The van der Waals surface area contributed by atoms with Crippen molar-refractivity contribution >= 4 is 11.7 Å². The number of rotatable bonds is 4. The summed E-state index contributed by atoms with van der Waals surface area (Å²) in [5.41, 5.74) is 4.48. The molecular formula is C18H26N2O. The second kappa shape index (κ2) is 7.30. The molecule has 1 aromatic carbocycles. The number of urea groups is 1. The number of amides is 2. The molecule has 1 aromatic rings. The number of allylic oxidation sites excluding steroid dienone is 1. The van der Waals surface area contributed by atoms with Crippen LogP contribution in [0.1, 0.15) is 50.7 Å². The standard InChI is InChI=1S/C18H26N2O/c1-4-15-11-7-8-13(2)17(15)20-18(21)19-12-14(3)16-9-5-6-10-16/h7-8,11-12,16H,4-6,9-10H2,1-3H3,(H2,19,20,21)/b14-12+. The lowest BCUT2D eigenvalue weighted by molar-refractivity contribution is 0.255. The number of benzene rings is 1. The van der Waals surface area contributed by atoms with Gasteiger partial charge in [0, 0.05) is 11.9 Å². The zero-order chi connectivity index (χ0) is 15.2. The Bertz CT molecular complexity index is 528. The second-order valence-corrected chi connectivity index (χ2v) is 5.93. The molecule has 0 heterocycles. The zero-order valence-corrected chi connectivity index (χ0v) is 13.3. The number of carbonyl (C=O) groups is 1. The first kappa shape index (κ1) is 15.6. The van der Waals surface area contributed by atoms with E-state index in [1.165, 1.54) is 36.8 Å². The van der Waals surface area contributed by atoms with Crippen LogP contribution in [0, 0.1) is 12.8 Å². The van der Waals surface area contributed by atoms with Crippen molar-refractivity contribution in [2.24, 2.45) is 5.92 Å². The third-order valence-corrected chi connectivity index (χ3v) is 4.41. The van der Waals surface area contributed by atoms with Crippen molar-refractivity contribution in [3.63, 3.8) is 0 Å². The maximum atomic E-state index is 12.1. The summed E-state index contributed by atoms with van der Waals surface area (Å²) in [5.74, 6) is 0.648. The van der Waals surface area contributed by atoms with E-state index >= 15 is 0 Å². The van der Waals surface area contributed by atoms with E-state index in [4.69, 9.17) is 0 Å². The topological polar surface area (TPSA) is 41.1 Å². The first-order valence-corrected chi connectivity index (χ1v) is 7.94. The molecule has 0 atom stereocenters. The molecule has 0 aromatic heterocycles. The number of carbonyl (C=O) groups excluding carboxylic acids is 1. The molecule has 2 amide bonds. The maximum absolute atomic E-state index is 12.1. The molecule has 0 aliphatic heterocycles. The predicted octanol–water partition coefficient (Wildman–Crippen LogP) is 4.77. The molecule has 0 bridgehead atoms. The van der Waals surface area contributed by atoms with E-state index in [0.29, 0.717) is 5.92 Å². The molecule has 1 aliphatic carbocycles. The molecule has 3 nitrogen and oxygen atoms in total. The largest absolute Gasteiger partial charge is 0.323 e. The summed E-state index contributed by atoms with van der Waals surface area (Å²) < 4.78 is 0. The van der Waals surface area contributed by atoms with Gasteiger partial charge in [0.2, 0.25) is 0 Å². The number of anilines is 1. The van der Waals surface area contributed by atoms with Crippen molar-refractivity contribution in [2.75, 3.05) is 5.32 Å². The van der Waals surface area contributed by atoms with E-state index in [1.54, 1.807) is 0 Å². The highest BCUT2D eigenvalue weighted by molar-refractivity contribution is 5.91. The monoisotopic (exact) mass is 286 g/mol. The first-order chi connectivity index (χ1) is 10.1. The fraction of sp³-hybridized carbons (Fsp3) is 0.500. The minimum Gasteiger partial charge on any atom is -0.314 e. The Labute approximate surface area is 127 Å². The van der Waals surface area contributed by atoms with Crippen LogP contribution in [-0.2, 0) is 6.42 Å². The Morgan fingerprint density at radius 3 is 2.71 bits per heavy atom. The number of nitrogens with one attached hydrogen (secondary N) is 2. The lowest BCUT2D eigenvalue weighted by atomic mass is 10.0. The molecule has 0 spiro atoms. The van der Waals surface area contributed by atoms with Crippen molar-refractivity contribution in [3.05, 3.63) is 41.1 Å². The van der Waals surface area contributed by atoms with Crippen LogP contribution in [0.25, 0.3) is 0 Å². The number of hydrogen-bond acceptors (Lipinski definition) is 1. The zero-order valence-electron chi connectivity index (χ0n) is 13.3. The summed E-state index contributed by atoms with van der Waals surface area (Å²) in [6.07, 6.45) is 7.91. The van der Waals surface area contributed by atoms with Crippen LogP contribution in [0.5, 0.6) is 0 Å². The minimum atomic E-state index is -0.156. The lowest BCUT2D eigenvalue weighted by Crippen LogP contribution is -2.25. The highest BCUT2D eigenvalue weighted by atomic mass is 16.2. The van der Waals surface area contributed by atoms with Gasteiger partial charge in [-0.25, -0.2) is 4.79 Å². The van der Waals surface area contributed by atoms with Crippen LogP contribution in [-0.4, -0.2) is 6.03 Å². The number of para-hydroxylation sites is 1. The van der Waals surface area contributed by atoms with E-state index in [2.05, 4.69) is 30.5 Å². The van der Waals surface area contributed by atoms with Gasteiger partial charge in [-0.3, -0.25) is 0 Å². The van der Waals surface area contributed by atoms with Crippen molar-refractivity contribution in [1.29, 1.82) is 0 Å². The van der Waals surface area contributed by atoms with E-state index in [1.807, 2.05) is 25.3 Å². The van der Waals surface area contributed by atoms with E-state index in [0.717, 1.165) is 17.7 Å². The van der Waals surface area contributed by atoms with Crippen molar-refractivity contribution in [2.45, 2.75) is 52.9 Å². The molecule has 2 N–H and O–H groups in total. The van der Waals surface area contributed by atoms with Gasteiger partial charge >= 0.3 is 6.03 Å². The predicted molar refractivity (Wildman–Crippen MR) is 88.4 cm³/mol. The van der Waals surface area contributed by atoms with E-state index < -0.39 is 0 Å². The lowest BCUT2D eigenvalue weighted by Gasteiger charge is -2.14. The molecule has 2 rings (SSSR count). The number of aryl methyl sites for hydroxylation is 2. The summed E-state index contributed by atoms with van der Waals surface area (Å²) in [6, 6.07) is 5.95. The fourth-order valence-corrected chi connectivity index (χ4v) is 3.03. The van der Waals surface area contributed by atoms with Crippen LogP contribution in [0.4, 0.5) is 10.5 Å². The van der Waals surface area contributed by atoms with E-state index in [-0.39, 0.29) is 6.03 Å². The van der Waals surface area contributed by atoms with Crippen molar-refractivity contribution in [1.82, 2.24) is 5.32 Å². The van der Waals surface area contributed by atoms with Crippen molar-refractivity contribution in [3.8, 4) is 0 Å². The smallest absolute Gasteiger partial charge is 0.314 e. The minimum absolute atomic E-state index is 0.156. The van der Waals surface area contributed by atoms with Gasteiger partial charge in [0.05, 0.1) is 0 Å². The molecule has 1 fully saturated rings. The van der Waals surface area contributed by atoms with Gasteiger partial charge in [-0.2, -0.15) is 0 Å². The normalized spacial score (nSPS) is 16.0. The summed E-state index contributed by atoms with van der Waals surface area (Å²) in [5, 5.41) is 5.86. The Balaban J connectivity index is 1.97. The SMILES string of the molecule is CCc1cccc(C)c1NC(=O)N/C=C(\C)C1CCCC1. The van der Waals surface area contributed by atoms with Gasteiger partial charge in [-0.15, -0.1) is 0 Å². The molecule has 114 valence electrons. The first-order valence-electron chi connectivity index (χ1n) is 7.94. The van der Waals surface area contributed by atoms with E-state index in [9.17, 15) is 4.79 Å². The molecule has 1 saturated carbocycles. The second-order valence-electron chi connectivity index (χ2n) is 5.93. The average Bonchev–Trinajstić information content (AvgIpc) is 3.01. The van der Waals surface area contributed by atoms with Gasteiger partial charge in [-0.1, -0.05) is 43.5 Å². The highest BCUT2D eigenvalue weighted by Gasteiger charge is 2.16. The molecule has 0 unspecified atom stereocenters. The van der Waals surface area contributed by atoms with Crippen LogP contribution < -0.4 is 10.6 Å². The Kier molecular flexibility index (Phi) is 5.43. The van der Waals surface area contributed by atoms with Gasteiger partial charge in [0.1, 0.15) is 0 Å². The van der Waals surface area contributed by atoms with Crippen LogP contribution in [0.3, 0.4) is 0 Å². The third-order valence-electron chi connectivity index (χ3n) is 4.41. The molecular weight excluding hydrogens is 260 g/mol. The van der Waals surface area contributed by atoms with Crippen LogP contribution in [0.15, 0.2) is 30.0 Å². The van der Waals surface area contributed by atoms with Gasteiger partial charge in [-0.05, 0) is 50.2 Å². The van der Waals surface area contributed by atoms with Crippen molar-refractivity contribution < 1.29 is 4.79 Å². The van der Waals surface area contributed by atoms with Crippen LogP contribution in [0.2, 0.25) is 0 Å². The average molecular weight is 286 g/mol. The maximum Gasteiger partial charge on any atom is 0.323 e. The molecule has 3 heteroatoms. The molecule has 0 saturated heterocycles. The third kappa shape index (κ3) is 4.10. The van der Waals surface area contributed by atoms with Crippen LogP contribution >= 0.6 is 0 Å². The Morgan fingerprint density at radius 2 is 2.05 bits per heavy atom.